The van der Waals surface area contributed by atoms with Gasteiger partial charge in [0.25, 0.3) is 0 Å². The Balaban J connectivity index is 1.82. The van der Waals surface area contributed by atoms with Crippen molar-refractivity contribution in [1.82, 2.24) is 15.0 Å². The second kappa shape index (κ2) is 5.78. The number of hydrogen-bond acceptors (Lipinski definition) is 9. The molecule has 10 nitrogen and oxygen atoms in total. The van der Waals surface area contributed by atoms with Crippen LogP contribution in [0.2, 0.25) is 0 Å². The van der Waals surface area contributed by atoms with E-state index in [2.05, 4.69) is 20.3 Å². The van der Waals surface area contributed by atoms with Crippen LogP contribution in [-0.4, -0.2) is 25.8 Å². The molecule has 0 aromatic carbocycles. The van der Waals surface area contributed by atoms with Crippen LogP contribution >= 0.6 is 11.3 Å². The average molecular weight is 395 g/mol. The smallest absolute Gasteiger partial charge is 0.301 e. The van der Waals surface area contributed by atoms with Crippen molar-refractivity contribution in [1.29, 1.82) is 10.5 Å². The maximum Gasteiger partial charge on any atom is 0.345 e. The van der Waals surface area contributed by atoms with Gasteiger partial charge >= 0.3 is 5.00 Å². The standard InChI is InChI=1S/C17H13N7O3S/c1-16(2)8-3-4-17(16,13-12(8)21-9(5-18)10(6-19)22-13)14(25)23-15-20-7-11(28-15)24(26)27/h7-8H,3-4H2,1-2H3,(H,20,23,25). The molecule has 2 bridgehead atoms. The third kappa shape index (κ3) is 2.11. The fourth-order valence-electron chi connectivity index (χ4n) is 4.53. The zero-order valence-corrected chi connectivity index (χ0v) is 15.7. The number of nitro groups is 1. The van der Waals surface area contributed by atoms with E-state index in [1.807, 2.05) is 26.0 Å². The number of fused-ring (bicyclic) bond motifs is 5. The molecule has 28 heavy (non-hydrogen) atoms. The lowest BCUT2D eigenvalue weighted by atomic mass is 9.67. The van der Waals surface area contributed by atoms with Crippen LogP contribution in [0.15, 0.2) is 6.20 Å². The third-order valence-corrected chi connectivity index (χ3v) is 6.79. The van der Waals surface area contributed by atoms with E-state index in [-0.39, 0.29) is 33.3 Å². The van der Waals surface area contributed by atoms with Crippen molar-refractivity contribution in [3.05, 3.63) is 39.1 Å². The Morgan fingerprint density at radius 3 is 2.64 bits per heavy atom. The summed E-state index contributed by atoms with van der Waals surface area (Å²) in [6.07, 6.45) is 2.29. The number of rotatable bonds is 3. The summed E-state index contributed by atoms with van der Waals surface area (Å²) in [5.41, 5.74) is -0.777. The van der Waals surface area contributed by atoms with Crippen molar-refractivity contribution in [2.45, 2.75) is 38.0 Å². The number of carbonyl (C=O) groups is 1. The number of carbonyl (C=O) groups excluding carboxylic acids is 1. The molecule has 0 aliphatic heterocycles. The van der Waals surface area contributed by atoms with Gasteiger partial charge in [-0.1, -0.05) is 13.8 Å². The summed E-state index contributed by atoms with van der Waals surface area (Å²) < 4.78 is 0. The lowest BCUT2D eigenvalue weighted by molar-refractivity contribution is -0.380. The normalized spacial score (nSPS) is 23.5. The lowest BCUT2D eigenvalue weighted by Gasteiger charge is -2.35. The van der Waals surface area contributed by atoms with Crippen molar-refractivity contribution in [3.8, 4) is 12.1 Å². The minimum Gasteiger partial charge on any atom is -0.301 e. The number of aromatic nitrogens is 3. The molecular formula is C17H13N7O3S. The number of anilines is 1. The summed E-state index contributed by atoms with van der Waals surface area (Å²) in [5.74, 6) is -0.461. The average Bonchev–Trinajstić information content (AvgIpc) is 3.28. The molecule has 2 heterocycles. The Kier molecular flexibility index (Phi) is 3.70. The molecule has 11 heteroatoms. The minimum atomic E-state index is -1.06. The van der Waals surface area contributed by atoms with Crippen LogP contribution in [0.1, 0.15) is 55.4 Å². The summed E-state index contributed by atoms with van der Waals surface area (Å²) in [5, 5.41) is 32.1. The quantitative estimate of drug-likeness (QED) is 0.612. The molecule has 0 saturated heterocycles. The first-order chi connectivity index (χ1) is 13.3. The van der Waals surface area contributed by atoms with Crippen molar-refractivity contribution in [2.75, 3.05) is 5.32 Å². The monoisotopic (exact) mass is 395 g/mol. The maximum atomic E-state index is 13.4. The van der Waals surface area contributed by atoms with Crippen LogP contribution in [0.25, 0.3) is 0 Å². The van der Waals surface area contributed by atoms with Crippen molar-refractivity contribution >= 4 is 27.4 Å². The van der Waals surface area contributed by atoms with Gasteiger partial charge in [-0.25, -0.2) is 15.0 Å². The van der Waals surface area contributed by atoms with Gasteiger partial charge in [0.1, 0.15) is 18.3 Å². The molecule has 2 aliphatic rings. The Bertz CT molecular complexity index is 1130. The Morgan fingerprint density at radius 1 is 1.36 bits per heavy atom. The van der Waals surface area contributed by atoms with Gasteiger partial charge in [0.15, 0.2) is 16.5 Å². The molecule has 2 aliphatic carbocycles. The Hall–Kier alpha value is -3.44. The van der Waals surface area contributed by atoms with Crippen LogP contribution in [0, 0.1) is 38.2 Å². The van der Waals surface area contributed by atoms with Crippen LogP contribution in [0.5, 0.6) is 0 Å². The fraction of sp³-hybridized carbons (Fsp3) is 0.412. The van der Waals surface area contributed by atoms with Crippen LogP contribution in [0.3, 0.4) is 0 Å². The highest BCUT2D eigenvalue weighted by Gasteiger charge is 2.68. The molecule has 2 unspecified atom stereocenters. The zero-order valence-electron chi connectivity index (χ0n) is 14.9. The van der Waals surface area contributed by atoms with Gasteiger partial charge in [0.05, 0.1) is 21.7 Å². The SMILES string of the molecule is CC1(C)C2CCC1(C(=O)Nc1ncc([N+](=O)[O-])s1)c1nc(C#N)c(C#N)nc12. The second-order valence-corrected chi connectivity index (χ2v) is 8.32. The molecule has 1 saturated carbocycles. The molecule has 0 radical (unpaired) electrons. The second-order valence-electron chi connectivity index (χ2n) is 7.31. The lowest BCUT2D eigenvalue weighted by Crippen LogP contribution is -2.46. The van der Waals surface area contributed by atoms with Crippen LogP contribution < -0.4 is 5.32 Å². The minimum absolute atomic E-state index is 0.0456. The van der Waals surface area contributed by atoms with E-state index < -0.39 is 15.8 Å². The number of hydrogen-bond donors (Lipinski definition) is 1. The van der Waals surface area contributed by atoms with Gasteiger partial charge in [-0.15, -0.1) is 0 Å². The van der Waals surface area contributed by atoms with Gasteiger partial charge in [-0.2, -0.15) is 10.5 Å². The zero-order chi connectivity index (χ0) is 20.3. The van der Waals surface area contributed by atoms with Crippen molar-refractivity contribution in [3.63, 3.8) is 0 Å². The predicted octanol–water partition coefficient (Wildman–Crippen LogP) is 2.38. The van der Waals surface area contributed by atoms with Gasteiger partial charge in [-0.05, 0) is 29.6 Å². The van der Waals surface area contributed by atoms with E-state index in [9.17, 15) is 25.4 Å². The predicted molar refractivity (Wildman–Crippen MR) is 96.3 cm³/mol. The van der Waals surface area contributed by atoms with Crippen molar-refractivity contribution < 1.29 is 9.72 Å². The van der Waals surface area contributed by atoms with E-state index in [1.165, 1.54) is 0 Å². The molecule has 1 amide bonds. The topological polar surface area (TPSA) is 158 Å². The van der Waals surface area contributed by atoms with Crippen LogP contribution in [-0.2, 0) is 10.2 Å². The van der Waals surface area contributed by atoms with Gasteiger partial charge < -0.3 is 5.32 Å². The fourth-order valence-corrected chi connectivity index (χ4v) is 5.16. The van der Waals surface area contributed by atoms with E-state index in [1.54, 1.807) is 0 Å². The van der Waals surface area contributed by atoms with E-state index in [0.717, 1.165) is 17.5 Å². The molecular weight excluding hydrogens is 382 g/mol. The molecule has 140 valence electrons. The number of nitriles is 2. The molecule has 1 N–H and O–H groups in total. The number of nitrogens with zero attached hydrogens (tertiary/aromatic N) is 6. The third-order valence-electron chi connectivity index (χ3n) is 5.93. The van der Waals surface area contributed by atoms with Crippen molar-refractivity contribution in [2.24, 2.45) is 5.41 Å². The highest BCUT2D eigenvalue weighted by Crippen LogP contribution is 2.67. The molecule has 1 fully saturated rings. The Morgan fingerprint density at radius 2 is 2.04 bits per heavy atom. The summed E-state index contributed by atoms with van der Waals surface area (Å²) in [6, 6.07) is 3.76. The number of nitrogens with one attached hydrogen (secondary N) is 1. The molecule has 2 aromatic rings. The largest absolute Gasteiger partial charge is 0.345 e. The van der Waals surface area contributed by atoms with Gasteiger partial charge in [0.2, 0.25) is 5.91 Å². The molecule has 4 rings (SSSR count). The summed E-state index contributed by atoms with van der Waals surface area (Å²) in [7, 11) is 0. The molecule has 2 atom stereocenters. The number of thiazole rings is 1. The van der Waals surface area contributed by atoms with Crippen LogP contribution in [0.4, 0.5) is 10.1 Å². The first kappa shape index (κ1) is 17.9. The Labute approximate surface area is 163 Å². The van der Waals surface area contributed by atoms with E-state index in [0.29, 0.717) is 24.2 Å². The van der Waals surface area contributed by atoms with E-state index in [4.69, 9.17) is 0 Å². The summed E-state index contributed by atoms with van der Waals surface area (Å²) in [6.45, 7) is 3.88. The number of amides is 1. The first-order valence-corrected chi connectivity index (χ1v) is 9.22. The van der Waals surface area contributed by atoms with E-state index >= 15 is 0 Å². The molecule has 0 spiro atoms. The maximum absolute atomic E-state index is 13.4. The summed E-state index contributed by atoms with van der Waals surface area (Å²) in [4.78, 5) is 36.3. The van der Waals surface area contributed by atoms with Gasteiger partial charge in [0, 0.05) is 5.92 Å². The van der Waals surface area contributed by atoms with Gasteiger partial charge in [-0.3, -0.25) is 14.9 Å². The summed E-state index contributed by atoms with van der Waals surface area (Å²) >= 11 is 0.772. The molecule has 2 aromatic heterocycles. The highest BCUT2D eigenvalue weighted by atomic mass is 32.1. The first-order valence-electron chi connectivity index (χ1n) is 8.40. The highest BCUT2D eigenvalue weighted by molar-refractivity contribution is 7.18.